The Morgan fingerprint density at radius 2 is 2.12 bits per heavy atom. The molecule has 2 nitrogen and oxygen atoms in total. The van der Waals surface area contributed by atoms with Crippen LogP contribution < -0.4 is 11.5 Å². The van der Waals surface area contributed by atoms with Crippen molar-refractivity contribution in [2.45, 2.75) is 31.3 Å². The zero-order chi connectivity index (χ0) is 5.98. The van der Waals surface area contributed by atoms with Crippen molar-refractivity contribution in [1.29, 1.82) is 0 Å². The zero-order valence-corrected chi connectivity index (χ0v) is 5.01. The summed E-state index contributed by atoms with van der Waals surface area (Å²) in [5.41, 5.74) is 11.2. The van der Waals surface area contributed by atoms with Crippen molar-refractivity contribution in [3.8, 4) is 0 Å². The summed E-state index contributed by atoms with van der Waals surface area (Å²) < 4.78 is 0. The predicted octanol–water partition coefficient (Wildman–Crippen LogP) is 0.0292. The monoisotopic (exact) mass is 113 g/mol. The van der Waals surface area contributed by atoms with Crippen LogP contribution in [0.2, 0.25) is 0 Å². The minimum Gasteiger partial charge on any atom is -0.328 e. The summed E-state index contributed by atoms with van der Waals surface area (Å²) in [5, 5.41) is 0. The quantitative estimate of drug-likeness (QED) is 0.465. The van der Waals surface area contributed by atoms with Gasteiger partial charge in [0.15, 0.2) is 0 Å². The van der Waals surface area contributed by atoms with E-state index in [-0.39, 0.29) is 6.04 Å². The van der Waals surface area contributed by atoms with E-state index in [1.165, 1.54) is 0 Å². The normalized spacial score (nSPS) is 39.8. The van der Waals surface area contributed by atoms with Gasteiger partial charge >= 0.3 is 0 Å². The second-order valence-electron chi connectivity index (χ2n) is 2.47. The number of hydrogen-bond donors (Lipinski definition) is 2. The Morgan fingerprint density at radius 3 is 2.50 bits per heavy atom. The van der Waals surface area contributed by atoms with E-state index in [2.05, 4.69) is 6.42 Å². The van der Waals surface area contributed by atoms with Gasteiger partial charge in [-0.1, -0.05) is 0 Å². The minimum absolute atomic E-state index is 0.263. The molecule has 0 heterocycles. The molecule has 1 saturated carbocycles. The molecular weight excluding hydrogens is 100 g/mol. The second kappa shape index (κ2) is 2.46. The van der Waals surface area contributed by atoms with E-state index in [9.17, 15) is 0 Å². The van der Waals surface area contributed by atoms with Gasteiger partial charge < -0.3 is 11.5 Å². The zero-order valence-electron chi connectivity index (χ0n) is 5.01. The molecule has 0 aromatic heterocycles. The number of hydrogen-bond acceptors (Lipinski definition) is 2. The SMILES string of the molecule is NC1[CH]CCC(N)C1. The molecule has 0 saturated heterocycles. The lowest BCUT2D eigenvalue weighted by Gasteiger charge is -2.22. The summed E-state index contributed by atoms with van der Waals surface area (Å²) in [6, 6.07) is 0.619. The number of nitrogens with two attached hydrogens (primary N) is 2. The second-order valence-corrected chi connectivity index (χ2v) is 2.47. The van der Waals surface area contributed by atoms with Crippen LogP contribution in [0.1, 0.15) is 19.3 Å². The summed E-state index contributed by atoms with van der Waals surface area (Å²) >= 11 is 0. The Bertz CT molecular complexity index is 64.9. The summed E-state index contributed by atoms with van der Waals surface area (Å²) in [5.74, 6) is 0. The average molecular weight is 113 g/mol. The lowest BCUT2D eigenvalue weighted by molar-refractivity contribution is 0.462. The van der Waals surface area contributed by atoms with Crippen molar-refractivity contribution >= 4 is 0 Å². The standard InChI is InChI=1S/C6H13N2/c7-5-2-1-3-6(8)4-5/h2,5-6H,1,3-4,7-8H2. The van der Waals surface area contributed by atoms with Gasteiger partial charge in [0.2, 0.25) is 0 Å². The smallest absolute Gasteiger partial charge is 0.00851 e. The first-order valence-corrected chi connectivity index (χ1v) is 3.13. The fourth-order valence-corrected chi connectivity index (χ4v) is 1.09. The van der Waals surface area contributed by atoms with E-state index in [4.69, 9.17) is 11.5 Å². The molecule has 1 aliphatic rings. The summed E-state index contributed by atoms with van der Waals surface area (Å²) in [7, 11) is 0. The lowest BCUT2D eigenvalue weighted by atomic mass is 9.92. The van der Waals surface area contributed by atoms with Gasteiger partial charge in [0.25, 0.3) is 0 Å². The molecule has 1 aliphatic carbocycles. The molecule has 0 bridgehead atoms. The molecule has 0 amide bonds. The van der Waals surface area contributed by atoms with Crippen molar-refractivity contribution in [3.05, 3.63) is 6.42 Å². The van der Waals surface area contributed by atoms with Gasteiger partial charge in [-0.15, -0.1) is 0 Å². The Balaban J connectivity index is 2.23. The van der Waals surface area contributed by atoms with Crippen molar-refractivity contribution in [3.63, 3.8) is 0 Å². The van der Waals surface area contributed by atoms with Gasteiger partial charge in [-0.3, -0.25) is 0 Å². The lowest BCUT2D eigenvalue weighted by Crippen LogP contribution is -2.35. The fraction of sp³-hybridized carbons (Fsp3) is 0.833. The van der Waals surface area contributed by atoms with Crippen molar-refractivity contribution in [2.24, 2.45) is 11.5 Å². The third-order valence-electron chi connectivity index (χ3n) is 1.58. The van der Waals surface area contributed by atoms with Crippen LogP contribution in [-0.4, -0.2) is 12.1 Å². The summed E-state index contributed by atoms with van der Waals surface area (Å²) in [6.07, 6.45) is 5.33. The summed E-state index contributed by atoms with van der Waals surface area (Å²) in [6.45, 7) is 0. The summed E-state index contributed by atoms with van der Waals surface area (Å²) in [4.78, 5) is 0. The largest absolute Gasteiger partial charge is 0.328 e. The molecule has 4 N–H and O–H groups in total. The van der Waals surface area contributed by atoms with E-state index >= 15 is 0 Å². The van der Waals surface area contributed by atoms with Gasteiger partial charge in [-0.05, 0) is 25.7 Å². The molecule has 2 unspecified atom stereocenters. The van der Waals surface area contributed by atoms with E-state index in [1.54, 1.807) is 0 Å². The van der Waals surface area contributed by atoms with Crippen LogP contribution in [0.3, 0.4) is 0 Å². The molecule has 1 rings (SSSR count). The molecule has 2 atom stereocenters. The highest BCUT2D eigenvalue weighted by atomic mass is 14.7. The molecule has 0 aromatic carbocycles. The molecule has 0 aliphatic heterocycles. The fourth-order valence-electron chi connectivity index (χ4n) is 1.09. The van der Waals surface area contributed by atoms with Crippen LogP contribution in [0.4, 0.5) is 0 Å². The Morgan fingerprint density at radius 1 is 1.38 bits per heavy atom. The molecular formula is C6H13N2. The Hall–Kier alpha value is -0.0800. The molecule has 0 spiro atoms. The third kappa shape index (κ3) is 1.46. The first kappa shape index (κ1) is 6.05. The van der Waals surface area contributed by atoms with Crippen LogP contribution in [0.25, 0.3) is 0 Å². The Labute approximate surface area is 50.2 Å². The molecule has 2 heteroatoms. The molecule has 1 radical (unpaired) electrons. The highest BCUT2D eigenvalue weighted by molar-refractivity contribution is 4.89. The van der Waals surface area contributed by atoms with Crippen molar-refractivity contribution < 1.29 is 0 Å². The van der Waals surface area contributed by atoms with Crippen LogP contribution in [-0.2, 0) is 0 Å². The maximum atomic E-state index is 5.63. The molecule has 47 valence electrons. The third-order valence-corrected chi connectivity index (χ3v) is 1.58. The van der Waals surface area contributed by atoms with Crippen molar-refractivity contribution in [2.75, 3.05) is 0 Å². The van der Waals surface area contributed by atoms with Gasteiger partial charge in [-0.2, -0.15) is 0 Å². The van der Waals surface area contributed by atoms with Crippen LogP contribution in [0, 0.1) is 6.42 Å². The van der Waals surface area contributed by atoms with E-state index < -0.39 is 0 Å². The maximum absolute atomic E-state index is 5.63. The molecule has 1 fully saturated rings. The van der Waals surface area contributed by atoms with Crippen LogP contribution in [0.15, 0.2) is 0 Å². The van der Waals surface area contributed by atoms with E-state index in [0.717, 1.165) is 19.3 Å². The predicted molar refractivity (Wildman–Crippen MR) is 34.1 cm³/mol. The van der Waals surface area contributed by atoms with Crippen LogP contribution in [0.5, 0.6) is 0 Å². The topological polar surface area (TPSA) is 52.0 Å². The highest BCUT2D eigenvalue weighted by Crippen LogP contribution is 2.13. The Kier molecular flexibility index (Phi) is 1.86. The van der Waals surface area contributed by atoms with Gasteiger partial charge in [0, 0.05) is 12.1 Å². The highest BCUT2D eigenvalue weighted by Gasteiger charge is 2.14. The van der Waals surface area contributed by atoms with E-state index in [0.29, 0.717) is 6.04 Å². The first-order chi connectivity index (χ1) is 3.79. The van der Waals surface area contributed by atoms with Crippen LogP contribution >= 0.6 is 0 Å². The first-order valence-electron chi connectivity index (χ1n) is 3.13. The van der Waals surface area contributed by atoms with E-state index in [1.807, 2.05) is 0 Å². The van der Waals surface area contributed by atoms with Crippen molar-refractivity contribution in [1.82, 2.24) is 0 Å². The van der Waals surface area contributed by atoms with Gasteiger partial charge in [0.05, 0.1) is 0 Å². The van der Waals surface area contributed by atoms with Gasteiger partial charge in [-0.25, -0.2) is 0 Å². The molecule has 0 aromatic rings. The number of rotatable bonds is 0. The average Bonchev–Trinajstić information content (AvgIpc) is 1.64. The maximum Gasteiger partial charge on any atom is 0.00851 e. The molecule has 8 heavy (non-hydrogen) atoms. The van der Waals surface area contributed by atoms with Gasteiger partial charge in [0.1, 0.15) is 0 Å². The minimum atomic E-state index is 0.263.